The van der Waals surface area contributed by atoms with Crippen LogP contribution >= 0.6 is 0 Å². The summed E-state index contributed by atoms with van der Waals surface area (Å²) in [5.41, 5.74) is 3.86. The van der Waals surface area contributed by atoms with E-state index in [-0.39, 0.29) is 11.8 Å². The number of amides is 2. The van der Waals surface area contributed by atoms with Gasteiger partial charge in [0.25, 0.3) is 5.91 Å². The molecule has 1 unspecified atom stereocenters. The quantitative estimate of drug-likeness (QED) is 0.828. The van der Waals surface area contributed by atoms with Crippen LogP contribution < -0.4 is 5.32 Å². The van der Waals surface area contributed by atoms with Crippen LogP contribution in [0.15, 0.2) is 24.5 Å². The number of hydrogen-bond donors (Lipinski definition) is 1. The van der Waals surface area contributed by atoms with Crippen LogP contribution in [0.2, 0.25) is 0 Å². The van der Waals surface area contributed by atoms with Crippen LogP contribution in [0.4, 0.5) is 0 Å². The summed E-state index contributed by atoms with van der Waals surface area (Å²) >= 11 is 0. The fourth-order valence-corrected chi connectivity index (χ4v) is 3.86. The van der Waals surface area contributed by atoms with Gasteiger partial charge >= 0.3 is 0 Å². The minimum absolute atomic E-state index is 0.112. The molecule has 2 aromatic rings. The van der Waals surface area contributed by atoms with Crippen molar-refractivity contribution < 1.29 is 9.59 Å². The molecule has 3 rings (SSSR count). The highest BCUT2D eigenvalue weighted by atomic mass is 16.2. The smallest absolute Gasteiger partial charge is 0.252 e. The molecular formula is C21H29N5O2. The van der Waals surface area contributed by atoms with E-state index in [1.165, 1.54) is 5.56 Å². The van der Waals surface area contributed by atoms with Crippen LogP contribution in [-0.2, 0) is 18.3 Å². The van der Waals surface area contributed by atoms with Crippen molar-refractivity contribution in [3.05, 3.63) is 47.0 Å². The van der Waals surface area contributed by atoms with Gasteiger partial charge in [0.05, 0.1) is 11.3 Å². The SMILES string of the molecule is Cc1nn(C)c(C)c1CCC(=O)N1CCCC(CNC(=O)c2cccnc2)C1. The number of nitrogens with zero attached hydrogens (tertiary/aromatic N) is 4. The number of hydrogen-bond acceptors (Lipinski definition) is 4. The number of likely N-dealkylation sites (tertiary alicyclic amines) is 1. The van der Waals surface area contributed by atoms with Gasteiger partial charge in [0.15, 0.2) is 0 Å². The Kier molecular flexibility index (Phi) is 6.44. The summed E-state index contributed by atoms with van der Waals surface area (Å²) in [6.07, 6.45) is 6.44. The Bertz CT molecular complexity index is 831. The lowest BCUT2D eigenvalue weighted by Gasteiger charge is -2.33. The number of carbonyl (C=O) groups excluding carboxylic acids is 2. The number of nitrogens with one attached hydrogen (secondary N) is 1. The lowest BCUT2D eigenvalue weighted by atomic mass is 9.97. The molecule has 0 aromatic carbocycles. The molecule has 1 aliphatic rings. The van der Waals surface area contributed by atoms with Crippen molar-refractivity contribution in [2.24, 2.45) is 13.0 Å². The zero-order valence-corrected chi connectivity index (χ0v) is 16.9. The largest absolute Gasteiger partial charge is 0.352 e. The number of piperidine rings is 1. The number of pyridine rings is 1. The van der Waals surface area contributed by atoms with Gasteiger partial charge in [0, 0.05) is 51.2 Å². The first-order chi connectivity index (χ1) is 13.5. The molecule has 0 aliphatic carbocycles. The molecular weight excluding hydrogens is 354 g/mol. The van der Waals surface area contributed by atoms with Crippen LogP contribution in [0.1, 0.15) is 46.6 Å². The van der Waals surface area contributed by atoms with Gasteiger partial charge < -0.3 is 10.2 Å². The Hall–Kier alpha value is -2.70. The monoisotopic (exact) mass is 383 g/mol. The van der Waals surface area contributed by atoms with Crippen molar-refractivity contribution in [3.63, 3.8) is 0 Å². The molecule has 3 heterocycles. The summed E-state index contributed by atoms with van der Waals surface area (Å²) in [5, 5.41) is 7.40. The lowest BCUT2D eigenvalue weighted by molar-refractivity contribution is -0.132. The third-order valence-electron chi connectivity index (χ3n) is 5.59. The van der Waals surface area contributed by atoms with E-state index in [2.05, 4.69) is 15.4 Å². The molecule has 0 spiro atoms. The Labute approximate surface area is 166 Å². The summed E-state index contributed by atoms with van der Waals surface area (Å²) in [7, 11) is 1.93. The van der Waals surface area contributed by atoms with E-state index in [9.17, 15) is 9.59 Å². The molecule has 7 nitrogen and oxygen atoms in total. The van der Waals surface area contributed by atoms with Crippen molar-refractivity contribution in [2.45, 2.75) is 39.5 Å². The van der Waals surface area contributed by atoms with E-state index in [0.29, 0.717) is 31.0 Å². The molecule has 0 radical (unpaired) electrons. The van der Waals surface area contributed by atoms with Crippen LogP contribution in [0, 0.1) is 19.8 Å². The molecule has 0 saturated carbocycles. The number of carbonyl (C=O) groups is 2. The molecule has 7 heteroatoms. The average molecular weight is 383 g/mol. The Morgan fingerprint density at radius 2 is 2.14 bits per heavy atom. The molecule has 0 bridgehead atoms. The predicted octanol–water partition coefficient (Wildman–Crippen LogP) is 2.03. The summed E-state index contributed by atoms with van der Waals surface area (Å²) in [6, 6.07) is 3.50. The molecule has 1 saturated heterocycles. The van der Waals surface area contributed by atoms with Crippen molar-refractivity contribution in [2.75, 3.05) is 19.6 Å². The van der Waals surface area contributed by atoms with Gasteiger partial charge in [-0.2, -0.15) is 5.10 Å². The molecule has 1 aliphatic heterocycles. The molecule has 2 amide bonds. The normalized spacial score (nSPS) is 16.8. The Morgan fingerprint density at radius 3 is 2.82 bits per heavy atom. The minimum atomic E-state index is -0.112. The highest BCUT2D eigenvalue weighted by molar-refractivity contribution is 5.93. The van der Waals surface area contributed by atoms with Crippen LogP contribution in [-0.4, -0.2) is 51.1 Å². The molecule has 28 heavy (non-hydrogen) atoms. The third-order valence-corrected chi connectivity index (χ3v) is 5.59. The van der Waals surface area contributed by atoms with Crippen LogP contribution in [0.3, 0.4) is 0 Å². The van der Waals surface area contributed by atoms with Gasteiger partial charge in [-0.25, -0.2) is 0 Å². The van der Waals surface area contributed by atoms with E-state index in [4.69, 9.17) is 0 Å². The van der Waals surface area contributed by atoms with E-state index in [0.717, 1.165) is 37.2 Å². The zero-order chi connectivity index (χ0) is 20.1. The topological polar surface area (TPSA) is 80.1 Å². The van der Waals surface area contributed by atoms with E-state index >= 15 is 0 Å². The summed E-state index contributed by atoms with van der Waals surface area (Å²) in [5.74, 6) is 0.366. The number of aryl methyl sites for hydroxylation is 2. The van der Waals surface area contributed by atoms with Crippen molar-refractivity contribution in [1.82, 2.24) is 25.0 Å². The minimum Gasteiger partial charge on any atom is -0.352 e. The molecule has 1 atom stereocenters. The molecule has 2 aromatic heterocycles. The second-order valence-electron chi connectivity index (χ2n) is 7.57. The predicted molar refractivity (Wildman–Crippen MR) is 107 cm³/mol. The maximum absolute atomic E-state index is 12.7. The van der Waals surface area contributed by atoms with Crippen molar-refractivity contribution >= 4 is 11.8 Å². The standard InChI is InChI=1S/C21H29N5O2/c1-15-19(16(2)25(3)24-15)8-9-20(27)26-11-5-6-17(14-26)12-23-21(28)18-7-4-10-22-13-18/h4,7,10,13,17H,5-6,8-9,11-12,14H2,1-3H3,(H,23,28). The average Bonchev–Trinajstić information content (AvgIpc) is 2.96. The molecule has 1 N–H and O–H groups in total. The fourth-order valence-electron chi connectivity index (χ4n) is 3.86. The fraction of sp³-hybridized carbons (Fsp3) is 0.524. The first-order valence-corrected chi connectivity index (χ1v) is 9.90. The van der Waals surface area contributed by atoms with Gasteiger partial charge in [-0.1, -0.05) is 0 Å². The lowest BCUT2D eigenvalue weighted by Crippen LogP contribution is -2.43. The Morgan fingerprint density at radius 1 is 1.32 bits per heavy atom. The summed E-state index contributed by atoms with van der Waals surface area (Å²) in [4.78, 5) is 30.8. The Balaban J connectivity index is 1.48. The van der Waals surface area contributed by atoms with Gasteiger partial charge in [-0.15, -0.1) is 0 Å². The summed E-state index contributed by atoms with van der Waals surface area (Å²) < 4.78 is 1.87. The van der Waals surface area contributed by atoms with E-state index in [1.807, 2.05) is 30.5 Å². The molecule has 1 fully saturated rings. The third kappa shape index (κ3) is 4.77. The van der Waals surface area contributed by atoms with Crippen LogP contribution in [0.25, 0.3) is 0 Å². The highest BCUT2D eigenvalue weighted by Gasteiger charge is 2.24. The van der Waals surface area contributed by atoms with Crippen LogP contribution in [0.5, 0.6) is 0 Å². The number of rotatable bonds is 6. The summed E-state index contributed by atoms with van der Waals surface area (Å²) in [6.45, 7) is 6.13. The second kappa shape index (κ2) is 8.99. The number of aromatic nitrogens is 3. The molecule has 150 valence electrons. The first-order valence-electron chi connectivity index (χ1n) is 9.90. The maximum atomic E-state index is 12.7. The van der Waals surface area contributed by atoms with Gasteiger partial charge in [0.1, 0.15) is 0 Å². The highest BCUT2D eigenvalue weighted by Crippen LogP contribution is 2.19. The zero-order valence-electron chi connectivity index (χ0n) is 16.9. The van der Waals surface area contributed by atoms with Gasteiger partial charge in [-0.05, 0) is 56.7 Å². The first kappa shape index (κ1) is 20.0. The maximum Gasteiger partial charge on any atom is 0.252 e. The van der Waals surface area contributed by atoms with Gasteiger partial charge in [0.2, 0.25) is 5.91 Å². The van der Waals surface area contributed by atoms with E-state index in [1.54, 1.807) is 24.5 Å². The van der Waals surface area contributed by atoms with Gasteiger partial charge in [-0.3, -0.25) is 19.3 Å². The van der Waals surface area contributed by atoms with Crippen molar-refractivity contribution in [3.8, 4) is 0 Å². The van der Waals surface area contributed by atoms with E-state index < -0.39 is 0 Å². The second-order valence-corrected chi connectivity index (χ2v) is 7.57. The van der Waals surface area contributed by atoms with Crippen molar-refractivity contribution in [1.29, 1.82) is 0 Å².